The highest BCUT2D eigenvalue weighted by Gasteiger charge is 2.22. The van der Waals surface area contributed by atoms with Crippen LogP contribution in [0.1, 0.15) is 42.9 Å². The zero-order valence-electron chi connectivity index (χ0n) is 10.7. The van der Waals surface area contributed by atoms with Crippen molar-refractivity contribution in [3.8, 4) is 11.3 Å². The minimum atomic E-state index is -0.223. The number of thiazole rings is 1. The van der Waals surface area contributed by atoms with Gasteiger partial charge in [-0.25, -0.2) is 9.37 Å². The molecule has 0 radical (unpaired) electrons. The van der Waals surface area contributed by atoms with E-state index in [1.54, 1.807) is 23.5 Å². The smallest absolute Gasteiger partial charge is 0.180 e. The zero-order chi connectivity index (χ0) is 13.2. The lowest BCUT2D eigenvalue weighted by atomic mass is 9.87. The summed E-state index contributed by atoms with van der Waals surface area (Å²) in [6, 6.07) is 6.63. The van der Waals surface area contributed by atoms with Gasteiger partial charge in [0.15, 0.2) is 5.13 Å². The van der Waals surface area contributed by atoms with Crippen molar-refractivity contribution >= 4 is 16.5 Å². The highest BCUT2D eigenvalue weighted by Crippen LogP contribution is 2.41. The fraction of sp³-hybridized carbons (Fsp3) is 0.400. The normalized spacial score (nSPS) is 16.7. The quantitative estimate of drug-likeness (QED) is 0.872. The Morgan fingerprint density at radius 3 is 2.74 bits per heavy atom. The van der Waals surface area contributed by atoms with Crippen molar-refractivity contribution in [1.29, 1.82) is 0 Å². The molecule has 0 bridgehead atoms. The number of nitrogens with two attached hydrogens (primary N) is 1. The number of nitrogens with zero attached hydrogens (tertiary/aromatic N) is 1. The summed E-state index contributed by atoms with van der Waals surface area (Å²) in [6.45, 7) is 0. The molecule has 100 valence electrons. The van der Waals surface area contributed by atoms with Crippen LogP contribution >= 0.6 is 11.3 Å². The van der Waals surface area contributed by atoms with Crippen LogP contribution in [0.25, 0.3) is 11.3 Å². The van der Waals surface area contributed by atoms with E-state index in [0.717, 1.165) is 11.3 Å². The van der Waals surface area contributed by atoms with Crippen molar-refractivity contribution in [3.63, 3.8) is 0 Å². The number of anilines is 1. The van der Waals surface area contributed by atoms with Gasteiger partial charge < -0.3 is 5.73 Å². The Bertz CT molecular complexity index is 573. The summed E-state index contributed by atoms with van der Waals surface area (Å²) >= 11 is 1.57. The van der Waals surface area contributed by atoms with Crippen molar-refractivity contribution in [2.75, 3.05) is 5.73 Å². The van der Waals surface area contributed by atoms with E-state index >= 15 is 0 Å². The van der Waals surface area contributed by atoms with Gasteiger partial charge in [0, 0.05) is 10.4 Å². The molecular weight excluding hydrogens is 259 g/mol. The molecule has 4 heteroatoms. The molecule has 19 heavy (non-hydrogen) atoms. The Morgan fingerprint density at radius 1 is 1.21 bits per heavy atom. The Morgan fingerprint density at radius 2 is 2.00 bits per heavy atom. The molecule has 2 N–H and O–H groups in total. The first-order valence-corrected chi connectivity index (χ1v) is 7.58. The first kappa shape index (κ1) is 12.6. The number of nitrogen functional groups attached to an aromatic ring is 1. The maximum Gasteiger partial charge on any atom is 0.180 e. The minimum Gasteiger partial charge on any atom is -0.375 e. The number of aromatic nitrogens is 1. The van der Waals surface area contributed by atoms with E-state index in [-0.39, 0.29) is 5.82 Å². The second kappa shape index (κ2) is 5.29. The standard InChI is InChI=1S/C15H17FN2S/c16-12-8-4-7-11(9-12)13-14(19-15(17)18-13)10-5-2-1-3-6-10/h4,7-10H,1-3,5-6H2,(H2,17,18). The molecule has 1 heterocycles. The Hall–Kier alpha value is -1.42. The van der Waals surface area contributed by atoms with Gasteiger partial charge in [0.25, 0.3) is 0 Å². The first-order chi connectivity index (χ1) is 9.24. The molecule has 1 aromatic heterocycles. The van der Waals surface area contributed by atoms with Gasteiger partial charge in [0.1, 0.15) is 5.82 Å². The number of rotatable bonds is 2. The molecule has 0 unspecified atom stereocenters. The molecule has 0 aliphatic heterocycles. The van der Waals surface area contributed by atoms with Gasteiger partial charge in [0.05, 0.1) is 5.69 Å². The number of hydrogen-bond donors (Lipinski definition) is 1. The van der Waals surface area contributed by atoms with E-state index in [1.807, 2.05) is 6.07 Å². The maximum atomic E-state index is 13.4. The minimum absolute atomic E-state index is 0.223. The fourth-order valence-electron chi connectivity index (χ4n) is 2.83. The van der Waals surface area contributed by atoms with Crippen LogP contribution in [0.15, 0.2) is 24.3 Å². The maximum absolute atomic E-state index is 13.4. The Kier molecular flexibility index (Phi) is 3.51. The molecule has 1 aliphatic carbocycles. The summed E-state index contributed by atoms with van der Waals surface area (Å²) in [5, 5.41) is 0.583. The molecule has 0 atom stereocenters. The van der Waals surface area contributed by atoms with Gasteiger partial charge in [-0.3, -0.25) is 0 Å². The van der Waals surface area contributed by atoms with Crippen LogP contribution in [-0.4, -0.2) is 4.98 Å². The molecule has 1 saturated carbocycles. The molecule has 0 spiro atoms. The fourth-order valence-corrected chi connectivity index (χ4v) is 3.86. The van der Waals surface area contributed by atoms with Crippen LogP contribution in [0, 0.1) is 5.82 Å². The molecule has 0 amide bonds. The molecule has 2 nitrogen and oxygen atoms in total. The Balaban J connectivity index is 2.01. The first-order valence-electron chi connectivity index (χ1n) is 6.76. The molecule has 0 saturated heterocycles. The van der Waals surface area contributed by atoms with Gasteiger partial charge in [-0.15, -0.1) is 11.3 Å². The van der Waals surface area contributed by atoms with Crippen LogP contribution in [0.3, 0.4) is 0 Å². The second-order valence-corrected chi connectivity index (χ2v) is 6.17. The summed E-state index contributed by atoms with van der Waals surface area (Å²) in [5.41, 5.74) is 7.60. The van der Waals surface area contributed by atoms with E-state index in [4.69, 9.17) is 5.73 Å². The number of benzene rings is 1. The number of halogens is 1. The van der Waals surface area contributed by atoms with E-state index < -0.39 is 0 Å². The molecular formula is C15H17FN2S. The van der Waals surface area contributed by atoms with Crippen LogP contribution < -0.4 is 5.73 Å². The van der Waals surface area contributed by atoms with Crippen LogP contribution in [0.5, 0.6) is 0 Å². The lowest BCUT2D eigenvalue weighted by Gasteiger charge is -2.21. The predicted molar refractivity (Wildman–Crippen MR) is 77.7 cm³/mol. The summed E-state index contributed by atoms with van der Waals surface area (Å²) < 4.78 is 13.4. The third kappa shape index (κ3) is 2.63. The third-order valence-corrected chi connectivity index (χ3v) is 4.79. The molecule has 3 rings (SSSR count). The van der Waals surface area contributed by atoms with Gasteiger partial charge in [-0.05, 0) is 30.9 Å². The van der Waals surface area contributed by atoms with E-state index in [0.29, 0.717) is 11.0 Å². The summed E-state index contributed by atoms with van der Waals surface area (Å²) in [5.74, 6) is 0.320. The van der Waals surface area contributed by atoms with Crippen LogP contribution in [0.4, 0.5) is 9.52 Å². The van der Waals surface area contributed by atoms with Gasteiger partial charge in [0.2, 0.25) is 0 Å². The molecule has 1 aromatic carbocycles. The van der Waals surface area contributed by atoms with Crippen molar-refractivity contribution in [1.82, 2.24) is 4.98 Å². The largest absolute Gasteiger partial charge is 0.375 e. The Labute approximate surface area is 116 Å². The van der Waals surface area contributed by atoms with Crippen molar-refractivity contribution in [2.45, 2.75) is 38.0 Å². The highest BCUT2D eigenvalue weighted by atomic mass is 32.1. The van der Waals surface area contributed by atoms with E-state index in [2.05, 4.69) is 4.98 Å². The third-order valence-electron chi connectivity index (χ3n) is 3.74. The molecule has 1 aliphatic rings. The van der Waals surface area contributed by atoms with Gasteiger partial charge in [-0.1, -0.05) is 31.4 Å². The van der Waals surface area contributed by atoms with Crippen LogP contribution in [0.2, 0.25) is 0 Å². The van der Waals surface area contributed by atoms with Crippen molar-refractivity contribution in [3.05, 3.63) is 35.0 Å². The molecule has 1 fully saturated rings. The predicted octanol–water partition coefficient (Wildman–Crippen LogP) is 4.58. The summed E-state index contributed by atoms with van der Waals surface area (Å²) in [4.78, 5) is 5.67. The van der Waals surface area contributed by atoms with E-state index in [1.165, 1.54) is 43.0 Å². The van der Waals surface area contributed by atoms with Gasteiger partial charge >= 0.3 is 0 Å². The summed E-state index contributed by atoms with van der Waals surface area (Å²) in [7, 11) is 0. The van der Waals surface area contributed by atoms with Crippen LogP contribution in [-0.2, 0) is 0 Å². The average Bonchev–Trinajstić information content (AvgIpc) is 2.82. The molecule has 2 aromatic rings. The lowest BCUT2D eigenvalue weighted by Crippen LogP contribution is -2.04. The summed E-state index contributed by atoms with van der Waals surface area (Å²) in [6.07, 6.45) is 6.25. The average molecular weight is 276 g/mol. The zero-order valence-corrected chi connectivity index (χ0v) is 11.5. The van der Waals surface area contributed by atoms with Gasteiger partial charge in [-0.2, -0.15) is 0 Å². The topological polar surface area (TPSA) is 38.9 Å². The lowest BCUT2D eigenvalue weighted by molar-refractivity contribution is 0.448. The number of hydrogen-bond acceptors (Lipinski definition) is 3. The van der Waals surface area contributed by atoms with Crippen molar-refractivity contribution < 1.29 is 4.39 Å². The highest BCUT2D eigenvalue weighted by molar-refractivity contribution is 7.15. The van der Waals surface area contributed by atoms with Crippen molar-refractivity contribution in [2.24, 2.45) is 0 Å². The monoisotopic (exact) mass is 276 g/mol. The van der Waals surface area contributed by atoms with E-state index in [9.17, 15) is 4.39 Å². The second-order valence-electron chi connectivity index (χ2n) is 5.11. The SMILES string of the molecule is Nc1nc(-c2cccc(F)c2)c(C2CCCCC2)s1.